The van der Waals surface area contributed by atoms with Gasteiger partial charge in [0.2, 0.25) is 0 Å². The standard InChI is InChI=1S/C13H22N4O2/c1-5-19-13(18)10-8-12(15-9-11(10)14)17(4)7-6-16(2)3/h8-9H,5-7,14H2,1-4H3. The molecule has 0 spiro atoms. The lowest BCUT2D eigenvalue weighted by atomic mass is 10.2. The number of rotatable bonds is 6. The van der Waals surface area contributed by atoms with Gasteiger partial charge >= 0.3 is 5.97 Å². The number of hydrogen-bond acceptors (Lipinski definition) is 6. The van der Waals surface area contributed by atoms with Crippen molar-refractivity contribution in [3.8, 4) is 0 Å². The van der Waals surface area contributed by atoms with Gasteiger partial charge in [-0.3, -0.25) is 0 Å². The Balaban J connectivity index is 2.86. The number of nitrogen functional groups attached to an aromatic ring is 1. The number of nitrogens with two attached hydrogens (primary N) is 1. The van der Waals surface area contributed by atoms with E-state index in [0.29, 0.717) is 23.7 Å². The fourth-order valence-corrected chi connectivity index (χ4v) is 1.51. The van der Waals surface area contributed by atoms with Crippen molar-refractivity contribution < 1.29 is 9.53 Å². The molecule has 19 heavy (non-hydrogen) atoms. The number of aromatic nitrogens is 1. The highest BCUT2D eigenvalue weighted by molar-refractivity contribution is 5.95. The van der Waals surface area contributed by atoms with Gasteiger partial charge in [-0.05, 0) is 27.1 Å². The second kappa shape index (κ2) is 6.94. The van der Waals surface area contributed by atoms with Crippen LogP contribution in [0.5, 0.6) is 0 Å². The Hall–Kier alpha value is -1.82. The Kier molecular flexibility index (Phi) is 5.57. The van der Waals surface area contributed by atoms with E-state index < -0.39 is 5.97 Å². The van der Waals surface area contributed by atoms with Crippen molar-refractivity contribution in [2.75, 3.05) is 51.5 Å². The molecular formula is C13H22N4O2. The molecule has 1 heterocycles. The number of carbonyl (C=O) groups is 1. The number of carbonyl (C=O) groups excluding carboxylic acids is 1. The molecule has 0 bridgehead atoms. The van der Waals surface area contributed by atoms with Gasteiger partial charge in [-0.15, -0.1) is 0 Å². The van der Waals surface area contributed by atoms with Crippen molar-refractivity contribution in [3.05, 3.63) is 17.8 Å². The molecule has 0 aromatic carbocycles. The van der Waals surface area contributed by atoms with Gasteiger partial charge in [0.1, 0.15) is 5.82 Å². The smallest absolute Gasteiger partial charge is 0.340 e. The van der Waals surface area contributed by atoms with Crippen LogP contribution in [-0.2, 0) is 4.74 Å². The van der Waals surface area contributed by atoms with Gasteiger partial charge in [-0.25, -0.2) is 9.78 Å². The maximum absolute atomic E-state index is 11.7. The molecule has 0 atom stereocenters. The molecule has 0 saturated heterocycles. The molecule has 1 aromatic heterocycles. The van der Waals surface area contributed by atoms with E-state index in [4.69, 9.17) is 10.5 Å². The molecule has 106 valence electrons. The minimum Gasteiger partial charge on any atom is -0.462 e. The van der Waals surface area contributed by atoms with E-state index in [1.165, 1.54) is 6.20 Å². The highest BCUT2D eigenvalue weighted by atomic mass is 16.5. The summed E-state index contributed by atoms with van der Waals surface area (Å²) in [5.74, 6) is 0.295. The highest BCUT2D eigenvalue weighted by Gasteiger charge is 2.14. The number of anilines is 2. The van der Waals surface area contributed by atoms with E-state index in [1.807, 2.05) is 26.0 Å². The van der Waals surface area contributed by atoms with Crippen LogP contribution in [-0.4, -0.2) is 56.7 Å². The Bertz CT molecular complexity index is 435. The molecule has 0 amide bonds. The number of nitrogens with zero attached hydrogens (tertiary/aromatic N) is 3. The summed E-state index contributed by atoms with van der Waals surface area (Å²) in [5, 5.41) is 0. The first-order valence-electron chi connectivity index (χ1n) is 6.24. The molecule has 6 nitrogen and oxygen atoms in total. The zero-order chi connectivity index (χ0) is 14.4. The van der Waals surface area contributed by atoms with Crippen LogP contribution in [0.2, 0.25) is 0 Å². The average molecular weight is 266 g/mol. The summed E-state index contributed by atoms with van der Waals surface area (Å²) in [6.45, 7) is 3.80. The highest BCUT2D eigenvalue weighted by Crippen LogP contribution is 2.18. The number of likely N-dealkylation sites (N-methyl/N-ethyl adjacent to an activating group) is 2. The quantitative estimate of drug-likeness (QED) is 0.769. The largest absolute Gasteiger partial charge is 0.462 e. The summed E-state index contributed by atoms with van der Waals surface area (Å²) in [6.07, 6.45) is 1.49. The number of pyridine rings is 1. The predicted molar refractivity (Wildman–Crippen MR) is 76.4 cm³/mol. The second-order valence-corrected chi connectivity index (χ2v) is 4.58. The van der Waals surface area contributed by atoms with Crippen LogP contribution in [0.4, 0.5) is 11.5 Å². The molecule has 0 aliphatic rings. The number of ether oxygens (including phenoxy) is 1. The molecule has 0 saturated carbocycles. The van der Waals surface area contributed by atoms with Crippen molar-refractivity contribution in [1.82, 2.24) is 9.88 Å². The van der Waals surface area contributed by atoms with Crippen LogP contribution in [0.25, 0.3) is 0 Å². The third-order valence-electron chi connectivity index (χ3n) is 2.69. The van der Waals surface area contributed by atoms with Crippen molar-refractivity contribution >= 4 is 17.5 Å². The fraction of sp³-hybridized carbons (Fsp3) is 0.538. The Morgan fingerprint density at radius 2 is 2.05 bits per heavy atom. The third kappa shape index (κ3) is 4.40. The lowest BCUT2D eigenvalue weighted by Crippen LogP contribution is -2.29. The van der Waals surface area contributed by atoms with Crippen LogP contribution in [0.3, 0.4) is 0 Å². The van der Waals surface area contributed by atoms with Crippen LogP contribution in [0, 0.1) is 0 Å². The van der Waals surface area contributed by atoms with Crippen LogP contribution < -0.4 is 10.6 Å². The van der Waals surface area contributed by atoms with Crippen LogP contribution in [0.1, 0.15) is 17.3 Å². The SMILES string of the molecule is CCOC(=O)c1cc(N(C)CCN(C)C)ncc1N. The molecule has 0 unspecified atom stereocenters. The summed E-state index contributed by atoms with van der Waals surface area (Å²) in [4.78, 5) is 20.0. The third-order valence-corrected chi connectivity index (χ3v) is 2.69. The summed E-state index contributed by atoms with van der Waals surface area (Å²) < 4.78 is 4.97. The molecular weight excluding hydrogens is 244 g/mol. The normalized spacial score (nSPS) is 10.6. The van der Waals surface area contributed by atoms with Crippen LogP contribution in [0.15, 0.2) is 12.3 Å². The maximum atomic E-state index is 11.7. The monoisotopic (exact) mass is 266 g/mol. The predicted octanol–water partition coefficient (Wildman–Crippen LogP) is 0.838. The van der Waals surface area contributed by atoms with Gasteiger partial charge in [0.25, 0.3) is 0 Å². The van der Waals surface area contributed by atoms with E-state index in [1.54, 1.807) is 13.0 Å². The molecule has 0 aliphatic heterocycles. The zero-order valence-electron chi connectivity index (χ0n) is 12.0. The minimum atomic E-state index is -0.412. The molecule has 2 N–H and O–H groups in total. The molecule has 1 rings (SSSR count). The maximum Gasteiger partial charge on any atom is 0.340 e. The van der Waals surface area contributed by atoms with Crippen LogP contribution >= 0.6 is 0 Å². The topological polar surface area (TPSA) is 71.7 Å². The summed E-state index contributed by atoms with van der Waals surface area (Å²) >= 11 is 0. The average Bonchev–Trinajstić information content (AvgIpc) is 2.36. The van der Waals surface area contributed by atoms with E-state index in [2.05, 4.69) is 9.88 Å². The second-order valence-electron chi connectivity index (χ2n) is 4.58. The van der Waals surface area contributed by atoms with E-state index in [-0.39, 0.29) is 0 Å². The van der Waals surface area contributed by atoms with Crippen molar-refractivity contribution in [2.24, 2.45) is 0 Å². The van der Waals surface area contributed by atoms with Gasteiger partial charge < -0.3 is 20.3 Å². The van der Waals surface area contributed by atoms with Crippen molar-refractivity contribution in [1.29, 1.82) is 0 Å². The van der Waals surface area contributed by atoms with Gasteiger partial charge in [-0.2, -0.15) is 0 Å². The first-order valence-corrected chi connectivity index (χ1v) is 6.24. The summed E-state index contributed by atoms with van der Waals surface area (Å²) in [6, 6.07) is 1.67. The lowest BCUT2D eigenvalue weighted by Gasteiger charge is -2.21. The first kappa shape index (κ1) is 15.2. The number of hydrogen-bond donors (Lipinski definition) is 1. The van der Waals surface area contributed by atoms with E-state index in [0.717, 1.165) is 13.1 Å². The van der Waals surface area contributed by atoms with Gasteiger partial charge in [0.05, 0.1) is 24.1 Å². The Labute approximate surface area is 114 Å². The molecule has 0 radical (unpaired) electrons. The fourth-order valence-electron chi connectivity index (χ4n) is 1.51. The number of esters is 1. The molecule has 6 heteroatoms. The first-order chi connectivity index (χ1) is 8.95. The summed E-state index contributed by atoms with van der Waals surface area (Å²) in [5.41, 5.74) is 6.45. The van der Waals surface area contributed by atoms with Gasteiger partial charge in [0, 0.05) is 20.1 Å². The Morgan fingerprint density at radius 1 is 1.37 bits per heavy atom. The lowest BCUT2D eigenvalue weighted by molar-refractivity contribution is 0.0527. The summed E-state index contributed by atoms with van der Waals surface area (Å²) in [7, 11) is 5.94. The zero-order valence-corrected chi connectivity index (χ0v) is 12.0. The van der Waals surface area contributed by atoms with E-state index >= 15 is 0 Å². The minimum absolute atomic E-state index is 0.326. The van der Waals surface area contributed by atoms with Gasteiger partial charge in [0.15, 0.2) is 0 Å². The Morgan fingerprint density at radius 3 is 2.63 bits per heavy atom. The van der Waals surface area contributed by atoms with Gasteiger partial charge in [-0.1, -0.05) is 0 Å². The molecule has 1 aromatic rings. The van der Waals surface area contributed by atoms with Crippen molar-refractivity contribution in [3.63, 3.8) is 0 Å². The molecule has 0 fully saturated rings. The van der Waals surface area contributed by atoms with Crippen molar-refractivity contribution in [2.45, 2.75) is 6.92 Å². The molecule has 0 aliphatic carbocycles. The van der Waals surface area contributed by atoms with E-state index in [9.17, 15) is 4.79 Å².